The minimum atomic E-state index is -0.172. The zero-order valence-electron chi connectivity index (χ0n) is 11.0. The molecule has 3 heteroatoms. The Morgan fingerprint density at radius 3 is 2.33 bits per heavy atom. The molecule has 0 bridgehead atoms. The summed E-state index contributed by atoms with van der Waals surface area (Å²) in [5.41, 5.74) is 1.42. The van der Waals surface area contributed by atoms with Crippen LogP contribution in [-0.2, 0) is 0 Å². The maximum Gasteiger partial charge on any atom is 0.123 e. The van der Waals surface area contributed by atoms with E-state index >= 15 is 0 Å². The zero-order valence-corrected chi connectivity index (χ0v) is 11.9. The Morgan fingerprint density at radius 2 is 1.78 bits per heavy atom. The highest BCUT2D eigenvalue weighted by Crippen LogP contribution is 2.38. The van der Waals surface area contributed by atoms with Crippen molar-refractivity contribution in [2.45, 2.75) is 32.1 Å². The predicted molar refractivity (Wildman–Crippen MR) is 79.0 cm³/mol. The molecule has 18 heavy (non-hydrogen) atoms. The summed E-state index contributed by atoms with van der Waals surface area (Å²) in [5.74, 6) is 0.771. The zero-order chi connectivity index (χ0) is 13.0. The van der Waals surface area contributed by atoms with Crippen LogP contribution in [0.4, 0.5) is 10.1 Å². The fraction of sp³-hybridized carbons (Fsp3) is 0.600. The quantitative estimate of drug-likeness (QED) is 0.802. The monoisotopic (exact) mass is 267 g/mol. The van der Waals surface area contributed by atoms with Crippen LogP contribution in [0.15, 0.2) is 24.3 Å². The van der Waals surface area contributed by atoms with Crippen LogP contribution in [0.5, 0.6) is 0 Å². The van der Waals surface area contributed by atoms with E-state index in [2.05, 4.69) is 24.6 Å². The van der Waals surface area contributed by atoms with Crippen LogP contribution in [0.25, 0.3) is 0 Å². The Morgan fingerprint density at radius 1 is 1.17 bits per heavy atom. The van der Waals surface area contributed by atoms with Crippen molar-refractivity contribution in [1.29, 1.82) is 0 Å². The van der Waals surface area contributed by atoms with Gasteiger partial charge in [0.15, 0.2) is 0 Å². The predicted octanol–water partition coefficient (Wildman–Crippen LogP) is 4.14. The van der Waals surface area contributed by atoms with Crippen LogP contribution < -0.4 is 4.90 Å². The molecule has 0 aromatic heterocycles. The average Bonchev–Trinajstić information content (AvgIpc) is 2.40. The first-order valence-corrected chi connectivity index (χ1v) is 7.36. The third-order valence-corrected chi connectivity index (χ3v) is 4.76. The Balaban J connectivity index is 2.04. The van der Waals surface area contributed by atoms with Crippen molar-refractivity contribution < 1.29 is 4.39 Å². The Hall–Kier alpha value is -0.700. The van der Waals surface area contributed by atoms with E-state index in [1.807, 2.05) is 12.1 Å². The molecule has 1 nitrogen and oxygen atoms in total. The molecule has 0 atom stereocenters. The van der Waals surface area contributed by atoms with Gasteiger partial charge >= 0.3 is 0 Å². The molecule has 0 aliphatic heterocycles. The third kappa shape index (κ3) is 3.19. The summed E-state index contributed by atoms with van der Waals surface area (Å²) >= 11 is 4.57. The second kappa shape index (κ2) is 5.96. The highest BCUT2D eigenvalue weighted by molar-refractivity contribution is 7.80. The second-order valence-corrected chi connectivity index (χ2v) is 5.87. The number of hydrogen-bond donors (Lipinski definition) is 1. The number of rotatable bonds is 4. The van der Waals surface area contributed by atoms with Gasteiger partial charge in [-0.05, 0) is 48.3 Å². The van der Waals surface area contributed by atoms with Crippen LogP contribution in [0.2, 0.25) is 0 Å². The Bertz CT molecular complexity index is 371. The summed E-state index contributed by atoms with van der Waals surface area (Å²) in [6.07, 6.45) is 6.52. The van der Waals surface area contributed by atoms with Gasteiger partial charge in [0, 0.05) is 19.3 Å². The minimum absolute atomic E-state index is 0.172. The first-order valence-electron chi connectivity index (χ1n) is 6.73. The molecule has 1 fully saturated rings. The van der Waals surface area contributed by atoms with Crippen LogP contribution >= 0.6 is 12.6 Å². The first kappa shape index (κ1) is 13.7. The van der Waals surface area contributed by atoms with Gasteiger partial charge in [-0.15, -0.1) is 0 Å². The normalized spacial score (nSPS) is 18.6. The standard InChI is InChI=1S/C15H22FNS/c1-17(14-7-5-13(16)6-8-14)11-15(12-18)9-3-2-4-10-15/h5-8,18H,2-4,9-12H2,1H3. The summed E-state index contributed by atoms with van der Waals surface area (Å²) in [7, 11) is 2.09. The van der Waals surface area contributed by atoms with E-state index < -0.39 is 0 Å². The molecule has 2 rings (SSSR count). The van der Waals surface area contributed by atoms with Gasteiger partial charge in [-0.2, -0.15) is 12.6 Å². The minimum Gasteiger partial charge on any atom is -0.374 e. The maximum absolute atomic E-state index is 12.9. The summed E-state index contributed by atoms with van der Waals surface area (Å²) in [5, 5.41) is 0. The number of thiol groups is 1. The molecular formula is C15H22FNS. The molecule has 0 N–H and O–H groups in total. The molecule has 100 valence electrons. The number of nitrogens with zero attached hydrogens (tertiary/aromatic N) is 1. The van der Waals surface area contributed by atoms with Gasteiger partial charge in [0.05, 0.1) is 0 Å². The van der Waals surface area contributed by atoms with Gasteiger partial charge in [0.2, 0.25) is 0 Å². The molecule has 0 spiro atoms. The van der Waals surface area contributed by atoms with Crippen molar-refractivity contribution in [1.82, 2.24) is 0 Å². The van der Waals surface area contributed by atoms with Crippen molar-refractivity contribution in [3.05, 3.63) is 30.1 Å². The van der Waals surface area contributed by atoms with E-state index in [4.69, 9.17) is 0 Å². The van der Waals surface area contributed by atoms with Crippen molar-refractivity contribution >= 4 is 18.3 Å². The van der Waals surface area contributed by atoms with Crippen LogP contribution in [0.1, 0.15) is 32.1 Å². The lowest BCUT2D eigenvalue weighted by molar-refractivity contribution is 0.230. The smallest absolute Gasteiger partial charge is 0.123 e. The summed E-state index contributed by atoms with van der Waals surface area (Å²) in [6, 6.07) is 6.76. The van der Waals surface area contributed by atoms with E-state index in [1.54, 1.807) is 0 Å². The van der Waals surface area contributed by atoms with Crippen LogP contribution in [0, 0.1) is 11.2 Å². The van der Waals surface area contributed by atoms with E-state index in [9.17, 15) is 4.39 Å². The summed E-state index contributed by atoms with van der Waals surface area (Å²) < 4.78 is 12.9. The van der Waals surface area contributed by atoms with Gasteiger partial charge in [-0.3, -0.25) is 0 Å². The fourth-order valence-electron chi connectivity index (χ4n) is 2.96. The molecule has 1 aliphatic rings. The maximum atomic E-state index is 12.9. The van der Waals surface area contributed by atoms with Crippen LogP contribution in [0.3, 0.4) is 0 Å². The average molecular weight is 267 g/mol. The molecule has 1 aromatic rings. The Labute approximate surface area is 115 Å². The third-order valence-electron chi connectivity index (χ3n) is 4.09. The van der Waals surface area contributed by atoms with Crippen molar-refractivity contribution in [3.8, 4) is 0 Å². The Kier molecular flexibility index (Phi) is 4.55. The largest absolute Gasteiger partial charge is 0.374 e. The molecule has 0 heterocycles. The molecular weight excluding hydrogens is 245 g/mol. The molecule has 1 aliphatic carbocycles. The lowest BCUT2D eigenvalue weighted by Crippen LogP contribution is -2.38. The highest BCUT2D eigenvalue weighted by atomic mass is 32.1. The topological polar surface area (TPSA) is 3.24 Å². The van der Waals surface area contributed by atoms with Gasteiger partial charge < -0.3 is 4.90 Å². The molecule has 0 saturated heterocycles. The van der Waals surface area contributed by atoms with Crippen molar-refractivity contribution in [2.24, 2.45) is 5.41 Å². The second-order valence-electron chi connectivity index (χ2n) is 5.55. The van der Waals surface area contributed by atoms with E-state index in [0.717, 1.165) is 18.0 Å². The van der Waals surface area contributed by atoms with Gasteiger partial charge in [-0.25, -0.2) is 4.39 Å². The van der Waals surface area contributed by atoms with Gasteiger partial charge in [0.1, 0.15) is 5.82 Å². The van der Waals surface area contributed by atoms with E-state index in [1.165, 1.54) is 44.2 Å². The number of anilines is 1. The highest BCUT2D eigenvalue weighted by Gasteiger charge is 2.31. The van der Waals surface area contributed by atoms with Gasteiger partial charge in [0.25, 0.3) is 0 Å². The van der Waals surface area contributed by atoms with Crippen LogP contribution in [-0.4, -0.2) is 19.3 Å². The lowest BCUT2D eigenvalue weighted by atomic mass is 9.75. The first-order chi connectivity index (χ1) is 8.65. The SMILES string of the molecule is CN(CC1(CS)CCCCC1)c1ccc(F)cc1. The fourth-order valence-corrected chi connectivity index (χ4v) is 3.37. The van der Waals surface area contributed by atoms with Crippen molar-refractivity contribution in [3.63, 3.8) is 0 Å². The summed E-state index contributed by atoms with van der Waals surface area (Å²) in [4.78, 5) is 2.24. The number of benzene rings is 1. The molecule has 1 saturated carbocycles. The summed E-state index contributed by atoms with van der Waals surface area (Å²) in [6.45, 7) is 1.02. The number of hydrogen-bond acceptors (Lipinski definition) is 2. The van der Waals surface area contributed by atoms with Crippen molar-refractivity contribution in [2.75, 3.05) is 24.2 Å². The van der Waals surface area contributed by atoms with E-state index in [0.29, 0.717) is 5.41 Å². The molecule has 0 unspecified atom stereocenters. The number of halogens is 1. The molecule has 0 radical (unpaired) electrons. The molecule has 0 amide bonds. The lowest BCUT2D eigenvalue weighted by Gasteiger charge is -2.39. The van der Waals surface area contributed by atoms with E-state index in [-0.39, 0.29) is 5.82 Å². The van der Waals surface area contributed by atoms with Gasteiger partial charge in [-0.1, -0.05) is 19.3 Å². The molecule has 1 aromatic carbocycles.